The first-order valence-corrected chi connectivity index (χ1v) is 9.46. The van der Waals surface area contributed by atoms with Gasteiger partial charge in [0.15, 0.2) is 0 Å². The SMILES string of the molecule is Cl.O=C(c1ccc(C2CCCCC2)cc1)N1C2CCNCC1CC2. The molecule has 0 radical (unpaired) electrons. The van der Waals surface area contributed by atoms with Crippen LogP contribution < -0.4 is 5.32 Å². The Morgan fingerprint density at radius 2 is 1.62 bits per heavy atom. The minimum absolute atomic E-state index is 0. The average molecular weight is 349 g/mol. The molecule has 3 aliphatic rings. The molecule has 2 heterocycles. The molecule has 2 bridgehead atoms. The van der Waals surface area contributed by atoms with Crippen LogP contribution in [0.3, 0.4) is 0 Å². The van der Waals surface area contributed by atoms with Crippen LogP contribution in [0.2, 0.25) is 0 Å². The minimum Gasteiger partial charge on any atom is -0.331 e. The van der Waals surface area contributed by atoms with Crippen molar-refractivity contribution in [3.8, 4) is 0 Å². The van der Waals surface area contributed by atoms with Crippen LogP contribution in [-0.2, 0) is 0 Å². The normalized spacial score (nSPS) is 27.4. The van der Waals surface area contributed by atoms with Crippen LogP contribution >= 0.6 is 12.4 Å². The van der Waals surface area contributed by atoms with E-state index in [-0.39, 0.29) is 18.3 Å². The van der Waals surface area contributed by atoms with Crippen LogP contribution in [0.15, 0.2) is 24.3 Å². The highest BCUT2D eigenvalue weighted by Gasteiger charge is 2.38. The first-order chi connectivity index (χ1) is 11.3. The maximum atomic E-state index is 13.0. The number of hydrogen-bond acceptors (Lipinski definition) is 2. The fourth-order valence-corrected chi connectivity index (χ4v) is 4.80. The van der Waals surface area contributed by atoms with E-state index in [9.17, 15) is 4.79 Å². The van der Waals surface area contributed by atoms with Gasteiger partial charge in [-0.3, -0.25) is 4.79 Å². The number of halogens is 1. The second-order valence-electron chi connectivity index (χ2n) is 7.55. The Hall–Kier alpha value is -1.06. The fraction of sp³-hybridized carbons (Fsp3) is 0.650. The molecule has 1 aliphatic carbocycles. The Morgan fingerprint density at radius 3 is 2.38 bits per heavy atom. The lowest BCUT2D eigenvalue weighted by Crippen LogP contribution is -2.42. The van der Waals surface area contributed by atoms with Crippen LogP contribution in [0.4, 0.5) is 0 Å². The molecule has 1 aromatic rings. The van der Waals surface area contributed by atoms with Crippen molar-refractivity contribution in [1.82, 2.24) is 10.2 Å². The number of benzene rings is 1. The molecule has 1 N–H and O–H groups in total. The predicted octanol–water partition coefficient (Wildman–Crippen LogP) is 4.12. The number of amides is 1. The maximum Gasteiger partial charge on any atom is 0.254 e. The molecule has 1 saturated carbocycles. The Bertz CT molecular complexity index is 539. The molecule has 0 spiro atoms. The van der Waals surface area contributed by atoms with Crippen LogP contribution in [0, 0.1) is 0 Å². The summed E-state index contributed by atoms with van der Waals surface area (Å²) in [6.07, 6.45) is 10.2. The van der Waals surface area contributed by atoms with Crippen molar-refractivity contribution in [2.45, 2.75) is 69.4 Å². The number of carbonyl (C=O) groups is 1. The Morgan fingerprint density at radius 1 is 0.917 bits per heavy atom. The Labute approximate surface area is 151 Å². The van der Waals surface area contributed by atoms with Gasteiger partial charge in [-0.15, -0.1) is 12.4 Å². The van der Waals surface area contributed by atoms with Crippen LogP contribution in [0.1, 0.15) is 73.2 Å². The molecule has 132 valence electrons. The molecule has 3 nitrogen and oxygen atoms in total. The smallest absolute Gasteiger partial charge is 0.254 e. The second-order valence-corrected chi connectivity index (χ2v) is 7.55. The van der Waals surface area contributed by atoms with E-state index in [4.69, 9.17) is 0 Å². The topological polar surface area (TPSA) is 32.3 Å². The highest BCUT2D eigenvalue weighted by Crippen LogP contribution is 2.33. The summed E-state index contributed by atoms with van der Waals surface area (Å²) in [5.41, 5.74) is 2.31. The largest absolute Gasteiger partial charge is 0.331 e. The zero-order valence-electron chi connectivity index (χ0n) is 14.4. The molecular weight excluding hydrogens is 320 g/mol. The summed E-state index contributed by atoms with van der Waals surface area (Å²) in [4.78, 5) is 15.2. The van der Waals surface area contributed by atoms with Gasteiger partial charge in [0.25, 0.3) is 5.91 Å². The van der Waals surface area contributed by atoms with Crippen LogP contribution in [0.25, 0.3) is 0 Å². The molecule has 24 heavy (non-hydrogen) atoms. The van der Waals surface area contributed by atoms with E-state index in [0.29, 0.717) is 18.0 Å². The van der Waals surface area contributed by atoms with E-state index in [1.807, 2.05) is 0 Å². The standard InChI is InChI=1S/C20H28N2O.ClH/c23-20(22-18-10-11-19(22)14-21-13-12-18)17-8-6-16(7-9-17)15-4-2-1-3-5-15;/h6-9,15,18-19,21H,1-5,10-14H2;1H. The summed E-state index contributed by atoms with van der Waals surface area (Å²) in [6.45, 7) is 2.01. The van der Waals surface area contributed by atoms with Gasteiger partial charge in [-0.2, -0.15) is 0 Å². The zero-order chi connectivity index (χ0) is 15.6. The van der Waals surface area contributed by atoms with E-state index < -0.39 is 0 Å². The summed E-state index contributed by atoms with van der Waals surface area (Å²) in [5.74, 6) is 0.961. The van der Waals surface area contributed by atoms with Gasteiger partial charge in [0, 0.05) is 24.2 Å². The molecule has 2 saturated heterocycles. The van der Waals surface area contributed by atoms with E-state index >= 15 is 0 Å². The van der Waals surface area contributed by atoms with Crippen molar-refractivity contribution in [1.29, 1.82) is 0 Å². The minimum atomic E-state index is 0. The molecule has 1 amide bonds. The van der Waals surface area contributed by atoms with Gasteiger partial charge in [0.05, 0.1) is 0 Å². The van der Waals surface area contributed by atoms with Gasteiger partial charge in [-0.1, -0.05) is 31.4 Å². The van der Waals surface area contributed by atoms with E-state index in [1.54, 1.807) is 0 Å². The quantitative estimate of drug-likeness (QED) is 0.871. The zero-order valence-corrected chi connectivity index (χ0v) is 15.2. The lowest BCUT2D eigenvalue weighted by molar-refractivity contribution is 0.0680. The molecule has 2 aliphatic heterocycles. The number of fused-ring (bicyclic) bond motifs is 2. The molecule has 1 aromatic carbocycles. The number of nitrogens with one attached hydrogen (secondary N) is 1. The summed E-state index contributed by atoms with van der Waals surface area (Å²) in [5, 5.41) is 3.47. The van der Waals surface area contributed by atoms with E-state index in [2.05, 4.69) is 34.5 Å². The lowest BCUT2D eigenvalue weighted by Gasteiger charge is -2.28. The van der Waals surface area contributed by atoms with Crippen molar-refractivity contribution in [3.05, 3.63) is 35.4 Å². The molecule has 2 unspecified atom stereocenters. The van der Waals surface area contributed by atoms with E-state index in [0.717, 1.165) is 31.5 Å². The highest BCUT2D eigenvalue weighted by molar-refractivity contribution is 5.95. The van der Waals surface area contributed by atoms with Crippen molar-refractivity contribution in [2.75, 3.05) is 13.1 Å². The Kier molecular flexibility index (Phi) is 5.83. The summed E-state index contributed by atoms with van der Waals surface area (Å²) in [7, 11) is 0. The highest BCUT2D eigenvalue weighted by atomic mass is 35.5. The first kappa shape index (κ1) is 17.8. The van der Waals surface area contributed by atoms with Crippen molar-refractivity contribution >= 4 is 18.3 Å². The molecule has 0 aromatic heterocycles. The fourth-order valence-electron chi connectivity index (χ4n) is 4.80. The van der Waals surface area contributed by atoms with Gasteiger partial charge < -0.3 is 10.2 Å². The van der Waals surface area contributed by atoms with Gasteiger partial charge in [0.1, 0.15) is 0 Å². The van der Waals surface area contributed by atoms with Crippen molar-refractivity contribution in [2.24, 2.45) is 0 Å². The molecule has 4 rings (SSSR count). The third kappa shape index (κ3) is 3.48. The summed E-state index contributed by atoms with van der Waals surface area (Å²) in [6, 6.07) is 9.41. The third-order valence-electron chi connectivity index (χ3n) is 6.12. The van der Waals surface area contributed by atoms with Gasteiger partial charge in [-0.25, -0.2) is 0 Å². The van der Waals surface area contributed by atoms with Crippen molar-refractivity contribution < 1.29 is 4.79 Å². The second kappa shape index (κ2) is 7.88. The number of rotatable bonds is 2. The Balaban J connectivity index is 0.00000169. The molecule has 3 fully saturated rings. The van der Waals surface area contributed by atoms with Gasteiger partial charge in [0.2, 0.25) is 0 Å². The first-order valence-electron chi connectivity index (χ1n) is 9.46. The summed E-state index contributed by atoms with van der Waals surface area (Å²) < 4.78 is 0. The molecule has 2 atom stereocenters. The van der Waals surface area contributed by atoms with Crippen LogP contribution in [-0.4, -0.2) is 36.0 Å². The van der Waals surface area contributed by atoms with E-state index in [1.165, 1.54) is 44.1 Å². The number of carbonyl (C=O) groups excluding carboxylic acids is 1. The summed E-state index contributed by atoms with van der Waals surface area (Å²) >= 11 is 0. The third-order valence-corrected chi connectivity index (χ3v) is 6.12. The monoisotopic (exact) mass is 348 g/mol. The van der Waals surface area contributed by atoms with Gasteiger partial charge >= 0.3 is 0 Å². The van der Waals surface area contributed by atoms with Crippen LogP contribution in [0.5, 0.6) is 0 Å². The molecular formula is C20H29ClN2O. The predicted molar refractivity (Wildman–Crippen MR) is 100.0 cm³/mol. The lowest BCUT2D eigenvalue weighted by atomic mass is 9.84. The number of nitrogens with zero attached hydrogens (tertiary/aromatic N) is 1. The van der Waals surface area contributed by atoms with Crippen molar-refractivity contribution in [3.63, 3.8) is 0 Å². The van der Waals surface area contributed by atoms with Gasteiger partial charge in [-0.05, 0) is 62.3 Å². The average Bonchev–Trinajstić information content (AvgIpc) is 2.88. The maximum absolute atomic E-state index is 13.0. The molecule has 4 heteroatoms. The number of hydrogen-bond donors (Lipinski definition) is 1.